The van der Waals surface area contributed by atoms with Crippen molar-refractivity contribution in [2.24, 2.45) is 0 Å². The summed E-state index contributed by atoms with van der Waals surface area (Å²) in [7, 11) is 1.57. The zero-order chi connectivity index (χ0) is 13.3. The third kappa shape index (κ3) is 2.50. The molecule has 0 aliphatic carbocycles. The number of aliphatic hydroxyl groups excluding tert-OH is 1. The predicted molar refractivity (Wildman–Crippen MR) is 76.1 cm³/mol. The van der Waals surface area contributed by atoms with Crippen molar-refractivity contribution in [2.45, 2.75) is 13.0 Å². The topological polar surface area (TPSA) is 29.5 Å². The SMILES string of the molecule is COc1ccc(C(O)c2scc(C)c2Cl)c(Cl)c1. The number of hydrogen-bond donors (Lipinski definition) is 1. The fourth-order valence-corrected chi connectivity index (χ4v) is 3.20. The summed E-state index contributed by atoms with van der Waals surface area (Å²) >= 11 is 13.7. The smallest absolute Gasteiger partial charge is 0.120 e. The van der Waals surface area contributed by atoms with Gasteiger partial charge in [0.2, 0.25) is 0 Å². The Morgan fingerprint density at radius 2 is 2.06 bits per heavy atom. The molecule has 5 heteroatoms. The van der Waals surface area contributed by atoms with Crippen LogP contribution in [-0.4, -0.2) is 12.2 Å². The molecular formula is C13H12Cl2O2S. The van der Waals surface area contributed by atoms with Gasteiger partial charge in [0.15, 0.2) is 0 Å². The summed E-state index contributed by atoms with van der Waals surface area (Å²) in [6.45, 7) is 1.91. The Kier molecular flexibility index (Phi) is 4.17. The zero-order valence-corrected chi connectivity index (χ0v) is 12.2. The van der Waals surface area contributed by atoms with E-state index in [9.17, 15) is 5.11 Å². The van der Waals surface area contributed by atoms with Crippen molar-refractivity contribution in [3.8, 4) is 5.75 Å². The van der Waals surface area contributed by atoms with Crippen LogP contribution in [0.3, 0.4) is 0 Å². The fourth-order valence-electron chi connectivity index (χ4n) is 1.63. The summed E-state index contributed by atoms with van der Waals surface area (Å²) in [5.74, 6) is 0.657. The van der Waals surface area contributed by atoms with Crippen molar-refractivity contribution in [1.82, 2.24) is 0 Å². The highest BCUT2D eigenvalue weighted by Crippen LogP contribution is 2.38. The lowest BCUT2D eigenvalue weighted by Crippen LogP contribution is -1.99. The highest BCUT2D eigenvalue weighted by molar-refractivity contribution is 7.10. The quantitative estimate of drug-likeness (QED) is 0.907. The van der Waals surface area contributed by atoms with E-state index in [1.807, 2.05) is 12.3 Å². The second-order valence-corrected chi connectivity index (χ2v) is 5.58. The van der Waals surface area contributed by atoms with Crippen LogP contribution in [0.2, 0.25) is 10.0 Å². The molecule has 1 aromatic carbocycles. The number of halogens is 2. The van der Waals surface area contributed by atoms with Gasteiger partial charge in [-0.05, 0) is 30.0 Å². The lowest BCUT2D eigenvalue weighted by molar-refractivity contribution is 0.224. The van der Waals surface area contributed by atoms with Gasteiger partial charge < -0.3 is 9.84 Å². The van der Waals surface area contributed by atoms with Gasteiger partial charge in [-0.15, -0.1) is 11.3 Å². The molecule has 1 aromatic heterocycles. The summed E-state index contributed by atoms with van der Waals surface area (Å²) < 4.78 is 5.07. The first-order valence-corrected chi connectivity index (χ1v) is 6.93. The number of thiophene rings is 1. The molecule has 0 radical (unpaired) electrons. The minimum absolute atomic E-state index is 0.462. The van der Waals surface area contributed by atoms with E-state index < -0.39 is 6.10 Å². The first-order chi connectivity index (χ1) is 8.54. The molecule has 2 aromatic rings. The number of aryl methyl sites for hydroxylation is 1. The Hall–Kier alpha value is -0.740. The van der Waals surface area contributed by atoms with E-state index in [4.69, 9.17) is 27.9 Å². The van der Waals surface area contributed by atoms with Crippen molar-refractivity contribution in [3.63, 3.8) is 0 Å². The Labute approximate surface area is 120 Å². The van der Waals surface area contributed by atoms with Crippen LogP contribution in [0.25, 0.3) is 0 Å². The maximum absolute atomic E-state index is 10.3. The number of rotatable bonds is 3. The number of benzene rings is 1. The van der Waals surface area contributed by atoms with Gasteiger partial charge in [-0.3, -0.25) is 0 Å². The summed E-state index contributed by atoms with van der Waals surface area (Å²) in [6.07, 6.45) is -0.811. The van der Waals surface area contributed by atoms with Crippen LogP contribution >= 0.6 is 34.5 Å². The van der Waals surface area contributed by atoms with Gasteiger partial charge >= 0.3 is 0 Å². The number of methoxy groups -OCH3 is 1. The van der Waals surface area contributed by atoms with Crippen molar-refractivity contribution < 1.29 is 9.84 Å². The van der Waals surface area contributed by atoms with Crippen molar-refractivity contribution in [3.05, 3.63) is 49.6 Å². The highest BCUT2D eigenvalue weighted by Gasteiger charge is 2.20. The summed E-state index contributed by atoms with van der Waals surface area (Å²) in [5, 5.41) is 13.3. The highest BCUT2D eigenvalue weighted by atomic mass is 35.5. The van der Waals surface area contributed by atoms with Gasteiger partial charge in [0.1, 0.15) is 11.9 Å². The molecule has 1 unspecified atom stereocenters. The standard InChI is InChI=1S/C13H12Cl2O2S/c1-7-6-18-13(11(7)15)12(16)9-4-3-8(17-2)5-10(9)14/h3-6,12,16H,1-2H3. The molecule has 0 aliphatic rings. The van der Waals surface area contributed by atoms with Gasteiger partial charge in [0, 0.05) is 5.56 Å². The Bertz CT molecular complexity index is 566. The van der Waals surface area contributed by atoms with Gasteiger partial charge in [-0.2, -0.15) is 0 Å². The molecule has 2 nitrogen and oxygen atoms in total. The lowest BCUT2D eigenvalue weighted by Gasteiger charge is -2.13. The Morgan fingerprint density at radius 1 is 1.33 bits per heavy atom. The minimum atomic E-state index is -0.811. The second kappa shape index (κ2) is 5.49. The number of ether oxygens (including phenoxy) is 1. The van der Waals surface area contributed by atoms with E-state index >= 15 is 0 Å². The van der Waals surface area contributed by atoms with E-state index in [1.165, 1.54) is 11.3 Å². The van der Waals surface area contributed by atoms with Crippen LogP contribution in [0, 0.1) is 6.92 Å². The van der Waals surface area contributed by atoms with Crippen LogP contribution < -0.4 is 4.74 Å². The molecule has 0 bridgehead atoms. The van der Waals surface area contributed by atoms with E-state index in [0.717, 1.165) is 5.56 Å². The Balaban J connectivity index is 2.40. The first-order valence-electron chi connectivity index (χ1n) is 5.29. The monoisotopic (exact) mass is 302 g/mol. The Morgan fingerprint density at radius 3 is 2.56 bits per heavy atom. The number of aliphatic hydroxyl groups is 1. The van der Waals surface area contributed by atoms with Crippen molar-refractivity contribution in [1.29, 1.82) is 0 Å². The van der Waals surface area contributed by atoms with Crippen LogP contribution in [0.5, 0.6) is 5.75 Å². The summed E-state index contributed by atoms with van der Waals surface area (Å²) in [6, 6.07) is 5.19. The zero-order valence-electron chi connectivity index (χ0n) is 9.91. The molecule has 2 rings (SSSR count). The first kappa shape index (κ1) is 13.7. The van der Waals surface area contributed by atoms with Crippen LogP contribution in [0.15, 0.2) is 23.6 Å². The normalized spacial score (nSPS) is 12.5. The van der Waals surface area contributed by atoms with E-state index in [-0.39, 0.29) is 0 Å². The molecule has 1 heterocycles. The summed E-state index contributed by atoms with van der Waals surface area (Å²) in [4.78, 5) is 0.709. The average molecular weight is 303 g/mol. The molecule has 0 fully saturated rings. The van der Waals surface area contributed by atoms with Crippen molar-refractivity contribution in [2.75, 3.05) is 7.11 Å². The van der Waals surface area contributed by atoms with Crippen LogP contribution in [0.4, 0.5) is 0 Å². The maximum atomic E-state index is 10.3. The molecule has 0 spiro atoms. The number of hydrogen-bond acceptors (Lipinski definition) is 3. The molecule has 18 heavy (non-hydrogen) atoms. The second-order valence-electron chi connectivity index (χ2n) is 3.89. The van der Waals surface area contributed by atoms with Gasteiger partial charge in [0.05, 0.1) is 22.0 Å². The third-order valence-electron chi connectivity index (χ3n) is 2.68. The van der Waals surface area contributed by atoms with Crippen LogP contribution in [0.1, 0.15) is 22.1 Å². The molecular weight excluding hydrogens is 291 g/mol. The molecule has 0 saturated heterocycles. The molecule has 1 N–H and O–H groups in total. The predicted octanol–water partition coefficient (Wildman–Crippen LogP) is 4.45. The van der Waals surface area contributed by atoms with E-state index in [2.05, 4.69) is 0 Å². The fraction of sp³-hybridized carbons (Fsp3) is 0.231. The maximum Gasteiger partial charge on any atom is 0.120 e. The summed E-state index contributed by atoms with van der Waals surface area (Å²) in [5.41, 5.74) is 1.58. The van der Waals surface area contributed by atoms with Crippen LogP contribution in [-0.2, 0) is 0 Å². The molecule has 0 amide bonds. The van der Waals surface area contributed by atoms with Gasteiger partial charge in [-0.25, -0.2) is 0 Å². The van der Waals surface area contributed by atoms with Crippen molar-refractivity contribution >= 4 is 34.5 Å². The van der Waals surface area contributed by atoms with E-state index in [1.54, 1.807) is 25.3 Å². The molecule has 0 saturated carbocycles. The third-order valence-corrected chi connectivity index (χ3v) is 4.77. The average Bonchev–Trinajstić information content (AvgIpc) is 2.69. The lowest BCUT2D eigenvalue weighted by atomic mass is 10.1. The molecule has 0 aliphatic heterocycles. The van der Waals surface area contributed by atoms with Gasteiger partial charge in [0.25, 0.3) is 0 Å². The van der Waals surface area contributed by atoms with Gasteiger partial charge in [-0.1, -0.05) is 29.3 Å². The largest absolute Gasteiger partial charge is 0.497 e. The molecule has 1 atom stereocenters. The minimum Gasteiger partial charge on any atom is -0.497 e. The van der Waals surface area contributed by atoms with E-state index in [0.29, 0.717) is 26.2 Å². The molecule has 96 valence electrons.